The van der Waals surface area contributed by atoms with Gasteiger partial charge in [0.25, 0.3) is 5.91 Å². The van der Waals surface area contributed by atoms with Gasteiger partial charge in [0.15, 0.2) is 0 Å². The van der Waals surface area contributed by atoms with E-state index in [4.69, 9.17) is 0 Å². The largest absolute Gasteiger partial charge is 0.416 e. The van der Waals surface area contributed by atoms with Gasteiger partial charge in [0, 0.05) is 49.7 Å². The number of carbonyl (C=O) groups excluding carboxylic acids is 1. The van der Waals surface area contributed by atoms with E-state index in [9.17, 15) is 18.0 Å². The Hall–Kier alpha value is -2.94. The number of aryl methyl sites for hydroxylation is 1. The normalized spacial score (nSPS) is 15.0. The maximum Gasteiger partial charge on any atom is 0.416 e. The molecule has 32 heavy (non-hydrogen) atoms. The van der Waals surface area contributed by atoms with E-state index in [1.807, 2.05) is 6.92 Å². The smallest absolute Gasteiger partial charge is 0.345 e. The van der Waals surface area contributed by atoms with Gasteiger partial charge in [-0.05, 0) is 37.1 Å². The molecule has 0 aliphatic carbocycles. The number of halogens is 3. The third kappa shape index (κ3) is 5.27. The van der Waals surface area contributed by atoms with E-state index in [1.165, 1.54) is 29.2 Å². The number of carbonyl (C=O) groups is 1. The summed E-state index contributed by atoms with van der Waals surface area (Å²) in [5.41, 5.74) is 1.60. The first-order valence-corrected chi connectivity index (χ1v) is 11.2. The van der Waals surface area contributed by atoms with Crippen molar-refractivity contribution >= 4 is 22.6 Å². The van der Waals surface area contributed by atoms with Crippen molar-refractivity contribution in [1.29, 1.82) is 0 Å². The summed E-state index contributed by atoms with van der Waals surface area (Å²) < 4.78 is 43.5. The maximum absolute atomic E-state index is 13.0. The predicted molar refractivity (Wildman–Crippen MR) is 118 cm³/mol. The number of hydrogen-bond acceptors (Lipinski definition) is 5. The van der Waals surface area contributed by atoms with Crippen LogP contribution in [0.3, 0.4) is 0 Å². The van der Waals surface area contributed by atoms with Crippen LogP contribution in [0.25, 0.3) is 0 Å². The topological polar surface area (TPSA) is 49.3 Å². The lowest BCUT2D eigenvalue weighted by molar-refractivity contribution is -0.137. The highest BCUT2D eigenvalue weighted by Crippen LogP contribution is 2.30. The fourth-order valence-corrected chi connectivity index (χ4v) is 4.39. The minimum absolute atomic E-state index is 0.0598. The van der Waals surface area contributed by atoms with Gasteiger partial charge >= 0.3 is 6.18 Å². The molecule has 1 aliphatic heterocycles. The number of benzene rings is 2. The minimum atomic E-state index is -4.47. The number of nitrogens with zero attached hydrogens (tertiary/aromatic N) is 4. The summed E-state index contributed by atoms with van der Waals surface area (Å²) in [7, 11) is 0. The molecule has 2 heterocycles. The van der Waals surface area contributed by atoms with E-state index in [-0.39, 0.29) is 11.5 Å². The van der Waals surface area contributed by atoms with Crippen molar-refractivity contribution in [3.8, 4) is 0 Å². The van der Waals surface area contributed by atoms with Crippen LogP contribution in [0.5, 0.6) is 0 Å². The number of anilines is 1. The Morgan fingerprint density at radius 2 is 1.84 bits per heavy atom. The summed E-state index contributed by atoms with van der Waals surface area (Å²) in [6.07, 6.45) is -3.11. The zero-order valence-corrected chi connectivity index (χ0v) is 18.4. The number of amides is 1. The first-order chi connectivity index (χ1) is 15.3. The Kier molecular flexibility index (Phi) is 6.45. The average molecular weight is 461 g/mol. The third-order valence-electron chi connectivity index (χ3n) is 5.43. The Morgan fingerprint density at radius 1 is 1.06 bits per heavy atom. The highest BCUT2D eigenvalue weighted by Gasteiger charge is 2.31. The Bertz CT molecular complexity index is 1080. The Balaban J connectivity index is 1.40. The summed E-state index contributed by atoms with van der Waals surface area (Å²) in [5, 5.41) is 0.806. The van der Waals surface area contributed by atoms with Gasteiger partial charge in [-0.2, -0.15) is 17.5 Å². The molecule has 0 saturated carbocycles. The van der Waals surface area contributed by atoms with Crippen molar-refractivity contribution in [3.63, 3.8) is 0 Å². The number of rotatable bonds is 4. The van der Waals surface area contributed by atoms with E-state index in [1.54, 1.807) is 4.90 Å². The van der Waals surface area contributed by atoms with Gasteiger partial charge in [-0.25, -0.2) is 4.98 Å². The number of alkyl halides is 3. The van der Waals surface area contributed by atoms with E-state index < -0.39 is 11.7 Å². The van der Waals surface area contributed by atoms with E-state index in [2.05, 4.69) is 38.5 Å². The molecule has 3 aromatic rings. The van der Waals surface area contributed by atoms with Crippen LogP contribution in [0.1, 0.15) is 39.3 Å². The summed E-state index contributed by atoms with van der Waals surface area (Å²) in [4.78, 5) is 21.2. The summed E-state index contributed by atoms with van der Waals surface area (Å²) in [5.74, 6) is 0.380. The molecule has 0 radical (unpaired) electrons. The highest BCUT2D eigenvalue weighted by molar-refractivity contribution is 7.09. The molecule has 0 bridgehead atoms. The lowest BCUT2D eigenvalue weighted by atomic mass is 10.1. The molecule has 0 unspecified atom stereocenters. The van der Waals surface area contributed by atoms with E-state index >= 15 is 0 Å². The standard InChI is InChI=1S/C23H23F3N4OS/c1-16-6-8-17(9-7-16)14-20-27-22(32-28-20)30-11-3-10-29(12-13-30)21(31)18-4-2-5-19(15-18)23(24,25)26/h2,4-9,15H,3,10-14H2,1H3. The van der Waals surface area contributed by atoms with Crippen LogP contribution in [-0.2, 0) is 12.6 Å². The predicted octanol–water partition coefficient (Wildman–Crippen LogP) is 4.81. The quantitative estimate of drug-likeness (QED) is 0.561. The van der Waals surface area contributed by atoms with Crippen molar-refractivity contribution in [2.45, 2.75) is 25.9 Å². The van der Waals surface area contributed by atoms with Crippen molar-refractivity contribution in [3.05, 3.63) is 76.6 Å². The van der Waals surface area contributed by atoms with Gasteiger partial charge < -0.3 is 9.80 Å². The van der Waals surface area contributed by atoms with E-state index in [0.717, 1.165) is 28.7 Å². The molecular formula is C23H23F3N4OS. The summed E-state index contributed by atoms with van der Waals surface area (Å²) in [6, 6.07) is 12.9. The van der Waals surface area contributed by atoms with Gasteiger partial charge in [-0.3, -0.25) is 4.79 Å². The van der Waals surface area contributed by atoms with Crippen LogP contribution in [0.4, 0.5) is 18.3 Å². The lowest BCUT2D eigenvalue weighted by Gasteiger charge is -2.22. The Morgan fingerprint density at radius 3 is 2.59 bits per heavy atom. The molecule has 1 saturated heterocycles. The zero-order chi connectivity index (χ0) is 22.7. The summed E-state index contributed by atoms with van der Waals surface area (Å²) >= 11 is 1.33. The number of aromatic nitrogens is 2. The molecule has 5 nitrogen and oxygen atoms in total. The zero-order valence-electron chi connectivity index (χ0n) is 17.6. The van der Waals surface area contributed by atoms with Crippen molar-refractivity contribution < 1.29 is 18.0 Å². The van der Waals surface area contributed by atoms with Gasteiger partial charge in [0.2, 0.25) is 5.13 Å². The average Bonchev–Trinajstić information content (AvgIpc) is 3.09. The number of hydrogen-bond donors (Lipinski definition) is 0. The highest BCUT2D eigenvalue weighted by atomic mass is 32.1. The fourth-order valence-electron chi connectivity index (χ4n) is 3.66. The van der Waals surface area contributed by atoms with Crippen LogP contribution in [0, 0.1) is 6.92 Å². The SMILES string of the molecule is Cc1ccc(Cc2nsc(N3CCCN(C(=O)c4cccc(C(F)(F)F)c4)CC3)n2)cc1. The second-order valence-electron chi connectivity index (χ2n) is 7.87. The lowest BCUT2D eigenvalue weighted by Crippen LogP contribution is -2.35. The molecular weight excluding hydrogens is 437 g/mol. The van der Waals surface area contributed by atoms with Crippen LogP contribution < -0.4 is 4.90 Å². The Labute approximate surface area is 188 Å². The van der Waals surface area contributed by atoms with Crippen LogP contribution >= 0.6 is 11.5 Å². The van der Waals surface area contributed by atoms with Crippen molar-refractivity contribution in [2.24, 2.45) is 0 Å². The monoisotopic (exact) mass is 460 g/mol. The van der Waals surface area contributed by atoms with Gasteiger partial charge in [-0.15, -0.1) is 0 Å². The molecule has 0 N–H and O–H groups in total. The van der Waals surface area contributed by atoms with Gasteiger partial charge in [0.1, 0.15) is 5.82 Å². The van der Waals surface area contributed by atoms with E-state index in [0.29, 0.717) is 39.0 Å². The third-order valence-corrected chi connectivity index (χ3v) is 6.25. The first-order valence-electron chi connectivity index (χ1n) is 10.4. The molecule has 9 heteroatoms. The van der Waals surface area contributed by atoms with Crippen molar-refractivity contribution in [2.75, 3.05) is 31.1 Å². The second-order valence-corrected chi connectivity index (χ2v) is 8.60. The van der Waals surface area contributed by atoms with Crippen LogP contribution in [-0.4, -0.2) is 46.3 Å². The molecule has 1 aromatic heterocycles. The molecule has 168 valence electrons. The van der Waals surface area contributed by atoms with Gasteiger partial charge in [-0.1, -0.05) is 35.9 Å². The van der Waals surface area contributed by atoms with Crippen molar-refractivity contribution in [1.82, 2.24) is 14.3 Å². The second kappa shape index (κ2) is 9.28. The molecule has 4 rings (SSSR count). The molecule has 0 atom stereocenters. The molecule has 1 amide bonds. The first kappa shape index (κ1) is 22.3. The minimum Gasteiger partial charge on any atom is -0.345 e. The van der Waals surface area contributed by atoms with Gasteiger partial charge in [0.05, 0.1) is 5.56 Å². The molecule has 2 aromatic carbocycles. The van der Waals surface area contributed by atoms with Crippen LogP contribution in [0.15, 0.2) is 48.5 Å². The maximum atomic E-state index is 13.0. The molecule has 0 spiro atoms. The van der Waals surface area contributed by atoms with Crippen LogP contribution in [0.2, 0.25) is 0 Å². The molecule has 1 fully saturated rings. The summed E-state index contributed by atoms with van der Waals surface area (Å²) in [6.45, 7) is 4.22. The molecule has 1 aliphatic rings. The fraction of sp³-hybridized carbons (Fsp3) is 0.348.